The van der Waals surface area contributed by atoms with Crippen LogP contribution in [0.15, 0.2) is 36.7 Å². The summed E-state index contributed by atoms with van der Waals surface area (Å²) < 4.78 is 33.1. The van der Waals surface area contributed by atoms with Gasteiger partial charge in [-0.3, -0.25) is 14.8 Å². The number of ether oxygens (including phenoxy) is 1. The summed E-state index contributed by atoms with van der Waals surface area (Å²) in [5.74, 6) is -0.728. The monoisotopic (exact) mass is 416 g/mol. The second-order valence-electron chi connectivity index (χ2n) is 8.13. The number of pyridine rings is 2. The molecule has 0 saturated carbocycles. The summed E-state index contributed by atoms with van der Waals surface area (Å²) >= 11 is 0. The molecule has 0 bridgehead atoms. The van der Waals surface area contributed by atoms with Gasteiger partial charge in [0.1, 0.15) is 17.7 Å². The number of halogens is 2. The molecule has 2 aromatic rings. The predicted molar refractivity (Wildman–Crippen MR) is 106 cm³/mol. The van der Waals surface area contributed by atoms with Crippen LogP contribution in [0.5, 0.6) is 0 Å². The van der Waals surface area contributed by atoms with E-state index in [0.717, 1.165) is 32.5 Å². The van der Waals surface area contributed by atoms with E-state index in [9.17, 15) is 13.6 Å². The summed E-state index contributed by atoms with van der Waals surface area (Å²) in [4.78, 5) is 24.9. The summed E-state index contributed by atoms with van der Waals surface area (Å²) in [6, 6.07) is 6.00. The predicted octanol–water partition coefficient (Wildman–Crippen LogP) is 2.58. The Balaban J connectivity index is 1.35. The smallest absolute Gasteiger partial charge is 0.251 e. The molecule has 2 aliphatic heterocycles. The van der Waals surface area contributed by atoms with Crippen LogP contribution >= 0.6 is 0 Å². The molecule has 1 unspecified atom stereocenters. The Bertz CT molecular complexity index is 885. The minimum Gasteiger partial charge on any atom is -0.360 e. The Morgan fingerprint density at radius 3 is 2.70 bits per heavy atom. The van der Waals surface area contributed by atoms with E-state index >= 15 is 0 Å². The third kappa shape index (κ3) is 4.65. The third-order valence-electron chi connectivity index (χ3n) is 5.97. The summed E-state index contributed by atoms with van der Waals surface area (Å²) in [6.45, 7) is 5.00. The molecule has 1 amide bonds. The first kappa shape index (κ1) is 20.8. The Morgan fingerprint density at radius 1 is 1.20 bits per heavy atom. The van der Waals surface area contributed by atoms with Crippen LogP contribution < -0.4 is 0 Å². The van der Waals surface area contributed by atoms with Crippen LogP contribution in [0.25, 0.3) is 0 Å². The highest BCUT2D eigenvalue weighted by atomic mass is 19.1. The van der Waals surface area contributed by atoms with Gasteiger partial charge in [-0.15, -0.1) is 0 Å². The van der Waals surface area contributed by atoms with Gasteiger partial charge in [0.15, 0.2) is 0 Å². The molecule has 0 aliphatic carbocycles. The molecule has 1 atom stereocenters. The van der Waals surface area contributed by atoms with Crippen LogP contribution in [0, 0.1) is 11.6 Å². The number of carbonyl (C=O) groups is 1. The standard InChI is InChI=1S/C22H26F2N4O2/c1-16-21(29)28(14-18-5-4-17(23)13-26-18)15-22(30-16)7-11-27(12-8-22)10-6-20-19(24)3-2-9-25-20/h2-5,9,13,16H,6-8,10-12,14-15H2,1H3. The first-order chi connectivity index (χ1) is 14.4. The molecule has 2 fully saturated rings. The minimum atomic E-state index is -0.520. The van der Waals surface area contributed by atoms with Crippen molar-refractivity contribution in [2.24, 2.45) is 0 Å². The number of amides is 1. The maximum absolute atomic E-state index is 13.8. The maximum Gasteiger partial charge on any atom is 0.251 e. The number of piperidine rings is 1. The topological polar surface area (TPSA) is 58.6 Å². The lowest BCUT2D eigenvalue weighted by Gasteiger charge is -2.49. The molecule has 0 N–H and O–H groups in total. The van der Waals surface area contributed by atoms with Crippen molar-refractivity contribution in [2.75, 3.05) is 26.2 Å². The van der Waals surface area contributed by atoms with Gasteiger partial charge in [-0.05, 0) is 44.0 Å². The lowest BCUT2D eigenvalue weighted by atomic mass is 9.88. The third-order valence-corrected chi connectivity index (χ3v) is 5.97. The fourth-order valence-corrected chi connectivity index (χ4v) is 4.30. The molecule has 160 valence electrons. The van der Waals surface area contributed by atoms with Crippen LogP contribution in [0.3, 0.4) is 0 Å². The highest BCUT2D eigenvalue weighted by Gasteiger charge is 2.45. The molecule has 30 heavy (non-hydrogen) atoms. The number of rotatable bonds is 5. The van der Waals surface area contributed by atoms with E-state index in [1.54, 1.807) is 30.2 Å². The number of likely N-dealkylation sites (tertiary alicyclic amines) is 1. The normalized spacial score (nSPS) is 21.9. The van der Waals surface area contributed by atoms with Crippen molar-refractivity contribution in [2.45, 2.75) is 44.4 Å². The second-order valence-corrected chi connectivity index (χ2v) is 8.13. The first-order valence-electron chi connectivity index (χ1n) is 10.3. The van der Waals surface area contributed by atoms with E-state index in [1.165, 1.54) is 18.3 Å². The van der Waals surface area contributed by atoms with Gasteiger partial charge >= 0.3 is 0 Å². The number of nitrogens with zero attached hydrogens (tertiary/aromatic N) is 4. The fraction of sp³-hybridized carbons (Fsp3) is 0.500. The van der Waals surface area contributed by atoms with Crippen molar-refractivity contribution in [3.8, 4) is 0 Å². The summed E-state index contributed by atoms with van der Waals surface area (Å²) in [7, 11) is 0. The van der Waals surface area contributed by atoms with E-state index < -0.39 is 11.9 Å². The van der Waals surface area contributed by atoms with Gasteiger partial charge < -0.3 is 14.5 Å². The molecule has 4 rings (SSSR count). The van der Waals surface area contributed by atoms with Crippen LogP contribution in [0.1, 0.15) is 31.2 Å². The number of hydrogen-bond acceptors (Lipinski definition) is 5. The van der Waals surface area contributed by atoms with Gasteiger partial charge in [-0.1, -0.05) is 0 Å². The average Bonchev–Trinajstić information content (AvgIpc) is 2.74. The number of aromatic nitrogens is 2. The van der Waals surface area contributed by atoms with E-state index in [4.69, 9.17) is 4.74 Å². The molecule has 6 nitrogen and oxygen atoms in total. The summed E-state index contributed by atoms with van der Waals surface area (Å²) in [6.07, 6.45) is 4.42. The SMILES string of the molecule is CC1OC2(CCN(CCc3ncccc3F)CC2)CN(Cc2ccc(F)cn2)C1=O. The zero-order valence-electron chi connectivity index (χ0n) is 17.1. The van der Waals surface area contributed by atoms with Crippen LogP contribution in [-0.2, 0) is 22.5 Å². The quantitative estimate of drug-likeness (QED) is 0.750. The molecule has 0 radical (unpaired) electrons. The van der Waals surface area contributed by atoms with Gasteiger partial charge in [-0.25, -0.2) is 8.78 Å². The Kier molecular flexibility index (Phi) is 6.06. The Labute approximate surface area is 174 Å². The highest BCUT2D eigenvalue weighted by Crippen LogP contribution is 2.33. The van der Waals surface area contributed by atoms with Gasteiger partial charge in [0.05, 0.1) is 36.3 Å². The lowest BCUT2D eigenvalue weighted by Crippen LogP contribution is -2.61. The number of carbonyl (C=O) groups excluding carboxylic acids is 1. The summed E-state index contributed by atoms with van der Waals surface area (Å²) in [5.41, 5.74) is 0.757. The largest absolute Gasteiger partial charge is 0.360 e. The number of hydrogen-bond donors (Lipinski definition) is 0. The molecule has 2 aliphatic rings. The van der Waals surface area contributed by atoms with Gasteiger partial charge in [0, 0.05) is 32.3 Å². The van der Waals surface area contributed by atoms with Crippen LogP contribution in [0.4, 0.5) is 8.78 Å². The molecule has 2 saturated heterocycles. The van der Waals surface area contributed by atoms with E-state index in [-0.39, 0.29) is 17.3 Å². The van der Waals surface area contributed by atoms with E-state index in [1.807, 2.05) is 0 Å². The molecule has 2 aromatic heterocycles. The van der Waals surface area contributed by atoms with Crippen molar-refractivity contribution in [1.29, 1.82) is 0 Å². The van der Waals surface area contributed by atoms with Gasteiger partial charge in [0.2, 0.25) is 0 Å². The van der Waals surface area contributed by atoms with Gasteiger partial charge in [0.25, 0.3) is 5.91 Å². The van der Waals surface area contributed by atoms with Crippen molar-refractivity contribution >= 4 is 5.91 Å². The van der Waals surface area contributed by atoms with Crippen molar-refractivity contribution < 1.29 is 18.3 Å². The maximum atomic E-state index is 13.8. The molecular formula is C22H26F2N4O2. The van der Waals surface area contributed by atoms with Crippen LogP contribution in [0.2, 0.25) is 0 Å². The zero-order chi connectivity index (χ0) is 21.1. The highest BCUT2D eigenvalue weighted by molar-refractivity contribution is 5.81. The molecular weight excluding hydrogens is 390 g/mol. The molecule has 4 heterocycles. The summed E-state index contributed by atoms with van der Waals surface area (Å²) in [5, 5.41) is 0. The second kappa shape index (κ2) is 8.73. The zero-order valence-corrected chi connectivity index (χ0v) is 17.1. The van der Waals surface area contributed by atoms with E-state index in [2.05, 4.69) is 14.9 Å². The minimum absolute atomic E-state index is 0.0696. The fourth-order valence-electron chi connectivity index (χ4n) is 4.30. The molecule has 1 spiro atoms. The lowest BCUT2D eigenvalue weighted by molar-refractivity contribution is -0.190. The number of morpholine rings is 1. The van der Waals surface area contributed by atoms with Crippen molar-refractivity contribution in [3.05, 3.63) is 59.7 Å². The van der Waals surface area contributed by atoms with E-state index in [0.29, 0.717) is 30.9 Å². The Hall–Kier alpha value is -2.45. The molecule has 8 heteroatoms. The first-order valence-corrected chi connectivity index (χ1v) is 10.3. The average molecular weight is 416 g/mol. The van der Waals surface area contributed by atoms with Crippen LogP contribution in [-0.4, -0.2) is 63.6 Å². The molecule has 0 aromatic carbocycles. The van der Waals surface area contributed by atoms with Gasteiger partial charge in [-0.2, -0.15) is 0 Å². The van der Waals surface area contributed by atoms with Crippen molar-refractivity contribution in [1.82, 2.24) is 19.8 Å². The van der Waals surface area contributed by atoms with Crippen molar-refractivity contribution in [3.63, 3.8) is 0 Å². The Morgan fingerprint density at radius 2 is 2.00 bits per heavy atom.